The first-order valence-electron chi connectivity index (χ1n) is 7.82. The predicted octanol–water partition coefficient (Wildman–Crippen LogP) is 5.00. The summed E-state index contributed by atoms with van der Waals surface area (Å²) in [5.41, 5.74) is 9.35. The van der Waals surface area contributed by atoms with Crippen molar-refractivity contribution in [1.82, 2.24) is 15.0 Å². The van der Waals surface area contributed by atoms with Crippen molar-refractivity contribution in [3.05, 3.63) is 69.3 Å². The van der Waals surface area contributed by atoms with Crippen molar-refractivity contribution in [2.24, 2.45) is 0 Å². The Morgan fingerprint density at radius 1 is 1.12 bits per heavy atom. The van der Waals surface area contributed by atoms with Gasteiger partial charge in [-0.05, 0) is 47.1 Å². The lowest BCUT2D eigenvalue weighted by molar-refractivity contribution is 1.08. The highest BCUT2D eigenvalue weighted by molar-refractivity contribution is 9.10. The molecule has 0 fully saturated rings. The summed E-state index contributed by atoms with van der Waals surface area (Å²) in [6.45, 7) is 2.05. The van der Waals surface area contributed by atoms with Gasteiger partial charge in [-0.1, -0.05) is 23.8 Å². The third-order valence-corrected chi connectivity index (χ3v) is 5.68. The molecule has 4 aromatic rings. The second kappa shape index (κ2) is 6.54. The van der Waals surface area contributed by atoms with Gasteiger partial charge in [-0.3, -0.25) is 4.98 Å². The molecule has 0 aliphatic heterocycles. The van der Waals surface area contributed by atoms with E-state index in [1.54, 1.807) is 17.5 Å². The number of nitrogens with zero attached hydrogens (tertiary/aromatic N) is 3. The minimum atomic E-state index is 0.518. The van der Waals surface area contributed by atoms with Crippen molar-refractivity contribution in [3.8, 4) is 11.4 Å². The van der Waals surface area contributed by atoms with E-state index in [4.69, 9.17) is 10.7 Å². The lowest BCUT2D eigenvalue weighted by atomic mass is 10.1. The van der Waals surface area contributed by atoms with Crippen LogP contribution in [0.2, 0.25) is 0 Å². The molecule has 0 saturated heterocycles. The van der Waals surface area contributed by atoms with Gasteiger partial charge in [0.1, 0.15) is 10.6 Å². The highest BCUT2D eigenvalue weighted by Gasteiger charge is 2.13. The number of nitrogens with two attached hydrogens (primary N) is 1. The highest BCUT2D eigenvalue weighted by atomic mass is 79.9. The number of hydrogen-bond acceptors (Lipinski definition) is 5. The van der Waals surface area contributed by atoms with Crippen LogP contribution in [0.15, 0.2) is 53.1 Å². The predicted molar refractivity (Wildman–Crippen MR) is 107 cm³/mol. The Bertz CT molecular complexity index is 1070. The van der Waals surface area contributed by atoms with Gasteiger partial charge in [-0.25, -0.2) is 9.97 Å². The Morgan fingerprint density at radius 3 is 2.80 bits per heavy atom. The Balaban J connectivity index is 1.76. The average molecular weight is 411 g/mol. The van der Waals surface area contributed by atoms with Gasteiger partial charge in [0.05, 0.1) is 11.1 Å². The summed E-state index contributed by atoms with van der Waals surface area (Å²) in [4.78, 5) is 15.7. The van der Waals surface area contributed by atoms with Gasteiger partial charge < -0.3 is 5.73 Å². The molecule has 4 nitrogen and oxygen atoms in total. The number of halogens is 1. The molecule has 2 N–H and O–H groups in total. The van der Waals surface area contributed by atoms with Crippen LogP contribution < -0.4 is 5.73 Å². The van der Waals surface area contributed by atoms with E-state index in [1.807, 2.05) is 24.3 Å². The maximum atomic E-state index is 6.20. The van der Waals surface area contributed by atoms with Crippen molar-refractivity contribution in [1.29, 1.82) is 0 Å². The molecule has 0 saturated carbocycles. The summed E-state index contributed by atoms with van der Waals surface area (Å²) in [5, 5.41) is 0.906. The van der Waals surface area contributed by atoms with Gasteiger partial charge in [0.25, 0.3) is 0 Å². The van der Waals surface area contributed by atoms with Gasteiger partial charge >= 0.3 is 0 Å². The second-order valence-corrected chi connectivity index (χ2v) is 7.81. The minimum absolute atomic E-state index is 0.518. The SMILES string of the molecule is Cc1cccc(-c2nc(N)c3cc(Cc4ncccc4Br)sc3n2)c1. The van der Waals surface area contributed by atoms with Crippen molar-refractivity contribution in [2.75, 3.05) is 5.73 Å². The van der Waals surface area contributed by atoms with E-state index in [2.05, 4.69) is 51.0 Å². The standard InChI is InChI=1S/C19H15BrN4S/c1-11-4-2-5-12(8-11)18-23-17(21)14-9-13(25-19(14)24-18)10-16-15(20)6-3-7-22-16/h2-9H,10H2,1H3,(H2,21,23,24). The molecule has 3 aromatic heterocycles. The topological polar surface area (TPSA) is 64.7 Å². The third kappa shape index (κ3) is 3.27. The average Bonchev–Trinajstić information content (AvgIpc) is 3.00. The van der Waals surface area contributed by atoms with E-state index < -0.39 is 0 Å². The fourth-order valence-electron chi connectivity index (χ4n) is 2.71. The molecule has 124 valence electrons. The smallest absolute Gasteiger partial charge is 0.163 e. The number of benzene rings is 1. The Kier molecular flexibility index (Phi) is 4.23. The van der Waals surface area contributed by atoms with E-state index in [1.165, 1.54) is 5.56 Å². The molecule has 3 heterocycles. The van der Waals surface area contributed by atoms with Gasteiger partial charge in [0.2, 0.25) is 0 Å². The number of fused-ring (bicyclic) bond motifs is 1. The van der Waals surface area contributed by atoms with E-state index in [-0.39, 0.29) is 0 Å². The number of aromatic nitrogens is 3. The number of rotatable bonds is 3. The Morgan fingerprint density at radius 2 is 2.00 bits per heavy atom. The molecule has 0 unspecified atom stereocenters. The zero-order valence-corrected chi connectivity index (χ0v) is 15.9. The summed E-state index contributed by atoms with van der Waals surface area (Å²) < 4.78 is 1.01. The van der Waals surface area contributed by atoms with Crippen LogP contribution in [0.1, 0.15) is 16.1 Å². The second-order valence-electron chi connectivity index (χ2n) is 5.84. The Hall–Kier alpha value is -2.31. The van der Waals surface area contributed by atoms with Crippen LogP contribution in [-0.2, 0) is 6.42 Å². The molecule has 1 aromatic carbocycles. The molecule has 0 aliphatic rings. The molecule has 0 atom stereocenters. The van der Waals surface area contributed by atoms with Crippen molar-refractivity contribution >= 4 is 43.3 Å². The van der Waals surface area contributed by atoms with Gasteiger partial charge in [-0.15, -0.1) is 11.3 Å². The quantitative estimate of drug-likeness (QED) is 0.516. The summed E-state index contributed by atoms with van der Waals surface area (Å²) in [7, 11) is 0. The van der Waals surface area contributed by atoms with Crippen LogP contribution >= 0.6 is 27.3 Å². The molecular weight excluding hydrogens is 396 g/mol. The first kappa shape index (κ1) is 16.2. The van der Waals surface area contributed by atoms with Crippen LogP contribution in [-0.4, -0.2) is 15.0 Å². The van der Waals surface area contributed by atoms with Gasteiger partial charge in [0.15, 0.2) is 5.82 Å². The van der Waals surface area contributed by atoms with E-state index in [0.29, 0.717) is 11.6 Å². The van der Waals surface area contributed by atoms with Crippen LogP contribution in [0.25, 0.3) is 21.6 Å². The maximum Gasteiger partial charge on any atom is 0.163 e. The van der Waals surface area contributed by atoms with Crippen LogP contribution in [0.3, 0.4) is 0 Å². The summed E-state index contributed by atoms with van der Waals surface area (Å²) in [6, 6.07) is 14.1. The molecular formula is C19H15BrN4S. The monoisotopic (exact) mass is 410 g/mol. The molecule has 4 rings (SSSR count). The number of anilines is 1. The number of aryl methyl sites for hydroxylation is 1. The van der Waals surface area contributed by atoms with Crippen molar-refractivity contribution in [2.45, 2.75) is 13.3 Å². The molecule has 0 spiro atoms. The van der Waals surface area contributed by atoms with E-state index in [0.717, 1.165) is 37.2 Å². The van der Waals surface area contributed by atoms with Crippen LogP contribution in [0.5, 0.6) is 0 Å². The first-order chi connectivity index (χ1) is 12.1. The number of hydrogen-bond donors (Lipinski definition) is 1. The fraction of sp³-hybridized carbons (Fsp3) is 0.105. The number of nitrogen functional groups attached to an aromatic ring is 1. The summed E-state index contributed by atoms with van der Waals surface area (Å²) >= 11 is 5.19. The van der Waals surface area contributed by atoms with Crippen molar-refractivity contribution in [3.63, 3.8) is 0 Å². The summed E-state index contributed by atoms with van der Waals surface area (Å²) in [5.74, 6) is 1.19. The molecule has 0 bridgehead atoms. The molecule has 0 aliphatic carbocycles. The van der Waals surface area contributed by atoms with Gasteiger partial charge in [0, 0.05) is 27.5 Å². The molecule has 0 radical (unpaired) electrons. The normalized spacial score (nSPS) is 11.1. The lowest BCUT2D eigenvalue weighted by Gasteiger charge is -2.03. The minimum Gasteiger partial charge on any atom is -0.383 e. The number of pyridine rings is 1. The molecule has 25 heavy (non-hydrogen) atoms. The highest BCUT2D eigenvalue weighted by Crippen LogP contribution is 2.32. The number of thiophene rings is 1. The Labute approximate surface area is 157 Å². The summed E-state index contributed by atoms with van der Waals surface area (Å²) in [6.07, 6.45) is 2.54. The van der Waals surface area contributed by atoms with Crippen molar-refractivity contribution < 1.29 is 0 Å². The lowest BCUT2D eigenvalue weighted by Crippen LogP contribution is -1.96. The largest absolute Gasteiger partial charge is 0.383 e. The zero-order chi connectivity index (χ0) is 17.4. The molecule has 0 amide bonds. The van der Waals surface area contributed by atoms with Gasteiger partial charge in [-0.2, -0.15) is 0 Å². The fourth-order valence-corrected chi connectivity index (χ4v) is 4.14. The molecule has 6 heteroatoms. The zero-order valence-electron chi connectivity index (χ0n) is 13.5. The maximum absolute atomic E-state index is 6.20. The van der Waals surface area contributed by atoms with E-state index >= 15 is 0 Å². The third-order valence-electron chi connectivity index (χ3n) is 3.93. The first-order valence-corrected chi connectivity index (χ1v) is 9.43. The van der Waals surface area contributed by atoms with Crippen LogP contribution in [0, 0.1) is 6.92 Å². The van der Waals surface area contributed by atoms with E-state index in [9.17, 15) is 0 Å². The van der Waals surface area contributed by atoms with Crippen LogP contribution in [0.4, 0.5) is 5.82 Å².